The van der Waals surface area contributed by atoms with Gasteiger partial charge in [0.2, 0.25) is 0 Å². The number of carbonyl (C=O) groups excluding carboxylic acids is 1. The Morgan fingerprint density at radius 2 is 2.11 bits per heavy atom. The predicted octanol–water partition coefficient (Wildman–Crippen LogP) is 1.31. The van der Waals surface area contributed by atoms with Gasteiger partial charge in [-0.15, -0.1) is 13.8 Å². The second-order valence-corrected chi connectivity index (χ2v) is 1.45. The molecular formula is C7H8OY-2. The average Bonchev–Trinajstić information content (AvgIpc) is 1.84. The van der Waals surface area contributed by atoms with E-state index in [-0.39, 0.29) is 38.3 Å². The molecule has 0 aliphatic carbocycles. The topological polar surface area (TPSA) is 17.1 Å². The standard InChI is InChI=1S/C7H8O.Y/c1-4-6(2)7(3)5-8;/h3,5H,1-2H3;/q-2;. The summed E-state index contributed by atoms with van der Waals surface area (Å²) < 4.78 is 0. The molecule has 0 saturated carbocycles. The van der Waals surface area contributed by atoms with E-state index in [4.69, 9.17) is 6.58 Å². The van der Waals surface area contributed by atoms with Gasteiger partial charge in [-0.3, -0.25) is 0 Å². The average molecular weight is 197 g/mol. The van der Waals surface area contributed by atoms with Gasteiger partial charge >= 0.3 is 0 Å². The third-order valence-electron chi connectivity index (χ3n) is 0.935. The molecule has 47 valence electrons. The normalized spacial score (nSPS) is 9.78. The minimum atomic E-state index is 0. The quantitative estimate of drug-likeness (QED) is 0.282. The van der Waals surface area contributed by atoms with Gasteiger partial charge in [0.15, 0.2) is 0 Å². The van der Waals surface area contributed by atoms with Crippen LogP contribution in [0.5, 0.6) is 0 Å². The van der Waals surface area contributed by atoms with Crippen LogP contribution >= 0.6 is 0 Å². The van der Waals surface area contributed by atoms with Crippen LogP contribution in [0.2, 0.25) is 0 Å². The van der Waals surface area contributed by atoms with Crippen LogP contribution in [-0.4, -0.2) is 6.29 Å². The van der Waals surface area contributed by atoms with Crippen molar-refractivity contribution in [3.05, 3.63) is 23.8 Å². The fourth-order valence-electron chi connectivity index (χ4n) is 0.233. The molecule has 2 heteroatoms. The first kappa shape index (κ1) is 12.0. The molecule has 0 aliphatic rings. The summed E-state index contributed by atoms with van der Waals surface area (Å²) in [5, 5.41) is 0. The van der Waals surface area contributed by atoms with E-state index >= 15 is 0 Å². The van der Waals surface area contributed by atoms with Gasteiger partial charge in [-0.2, -0.15) is 0 Å². The number of hydrogen-bond acceptors (Lipinski definition) is 1. The molecule has 0 bridgehead atoms. The van der Waals surface area contributed by atoms with E-state index in [1.165, 1.54) is 0 Å². The van der Waals surface area contributed by atoms with E-state index < -0.39 is 0 Å². The Morgan fingerprint density at radius 3 is 2.22 bits per heavy atom. The first-order valence-electron chi connectivity index (χ1n) is 2.31. The van der Waals surface area contributed by atoms with E-state index in [2.05, 4.69) is 6.08 Å². The van der Waals surface area contributed by atoms with Crippen LogP contribution in [0, 0.1) is 12.7 Å². The number of rotatable bonds is 2. The SMILES string of the molecule is [CH-]=C(C=O)C(C)=[C-]C.[Y]. The molecule has 0 amide bonds. The minimum Gasteiger partial charge on any atom is -0.395 e. The molecule has 0 fully saturated rings. The van der Waals surface area contributed by atoms with Crippen molar-refractivity contribution in [1.82, 2.24) is 0 Å². The summed E-state index contributed by atoms with van der Waals surface area (Å²) in [4.78, 5) is 9.88. The monoisotopic (exact) mass is 197 g/mol. The Morgan fingerprint density at radius 1 is 1.67 bits per heavy atom. The summed E-state index contributed by atoms with van der Waals surface area (Å²) >= 11 is 0. The first-order valence-corrected chi connectivity index (χ1v) is 2.31. The fourth-order valence-corrected chi connectivity index (χ4v) is 0.233. The van der Waals surface area contributed by atoms with Crippen molar-refractivity contribution in [3.8, 4) is 0 Å². The molecule has 0 saturated heterocycles. The Balaban J connectivity index is 0. The summed E-state index contributed by atoms with van der Waals surface area (Å²) in [6.07, 6.45) is 3.36. The minimum absolute atomic E-state index is 0. The molecule has 0 aliphatic heterocycles. The molecule has 0 N–H and O–H groups in total. The van der Waals surface area contributed by atoms with Crippen molar-refractivity contribution in [2.45, 2.75) is 13.8 Å². The summed E-state index contributed by atoms with van der Waals surface area (Å²) in [5.41, 5.74) is 0.965. The number of hydrogen-bond donors (Lipinski definition) is 0. The van der Waals surface area contributed by atoms with Gasteiger partial charge < -0.3 is 28.6 Å². The van der Waals surface area contributed by atoms with Crippen LogP contribution in [0.15, 0.2) is 11.1 Å². The zero-order chi connectivity index (χ0) is 6.57. The predicted molar refractivity (Wildman–Crippen MR) is 32.0 cm³/mol. The summed E-state index contributed by atoms with van der Waals surface area (Å²) in [6.45, 7) is 8.63. The molecular weight excluding hydrogens is 189 g/mol. The molecule has 0 spiro atoms. The fraction of sp³-hybridized carbons (Fsp3) is 0.286. The molecule has 0 heterocycles. The molecule has 0 aromatic rings. The molecule has 0 aromatic heterocycles. The van der Waals surface area contributed by atoms with Crippen molar-refractivity contribution in [2.75, 3.05) is 0 Å². The number of aldehydes is 1. The van der Waals surface area contributed by atoms with E-state index in [1.54, 1.807) is 13.8 Å². The molecule has 0 aromatic carbocycles. The zero-order valence-electron chi connectivity index (χ0n) is 5.64. The molecule has 1 radical (unpaired) electrons. The van der Waals surface area contributed by atoms with E-state index in [0.29, 0.717) is 11.9 Å². The summed E-state index contributed by atoms with van der Waals surface area (Å²) in [6, 6.07) is 0. The molecule has 9 heavy (non-hydrogen) atoms. The van der Waals surface area contributed by atoms with Gasteiger partial charge in [0, 0.05) is 32.7 Å². The van der Waals surface area contributed by atoms with Crippen LogP contribution < -0.4 is 0 Å². The molecule has 0 unspecified atom stereocenters. The maximum absolute atomic E-state index is 9.88. The molecule has 0 rings (SSSR count). The Hall–Kier alpha value is 0.254. The van der Waals surface area contributed by atoms with Crippen LogP contribution in [0.25, 0.3) is 0 Å². The Labute approximate surface area is 81.1 Å². The zero-order valence-corrected chi connectivity index (χ0v) is 8.48. The largest absolute Gasteiger partial charge is 0.395 e. The van der Waals surface area contributed by atoms with Gasteiger partial charge in [0.05, 0.1) is 0 Å². The van der Waals surface area contributed by atoms with Gasteiger partial charge in [-0.25, -0.2) is 0 Å². The van der Waals surface area contributed by atoms with Gasteiger partial charge in [-0.1, -0.05) is 0 Å². The number of carbonyl (C=O) groups is 1. The summed E-state index contributed by atoms with van der Waals surface area (Å²) in [7, 11) is 0. The Kier molecular flexibility index (Phi) is 8.49. The van der Waals surface area contributed by atoms with Crippen molar-refractivity contribution in [2.24, 2.45) is 0 Å². The third kappa shape index (κ3) is 4.74. The smallest absolute Gasteiger partial charge is 0 e. The Bertz CT molecular complexity index is 136. The molecule has 1 nitrogen and oxygen atoms in total. The maximum atomic E-state index is 9.88. The van der Waals surface area contributed by atoms with Crippen molar-refractivity contribution < 1.29 is 37.5 Å². The first-order chi connectivity index (χ1) is 3.72. The van der Waals surface area contributed by atoms with Gasteiger partial charge in [0.1, 0.15) is 0 Å². The maximum Gasteiger partial charge on any atom is 0 e. The van der Waals surface area contributed by atoms with Crippen LogP contribution in [-0.2, 0) is 37.5 Å². The van der Waals surface area contributed by atoms with E-state index in [0.717, 1.165) is 0 Å². The third-order valence-corrected chi connectivity index (χ3v) is 0.935. The summed E-state index contributed by atoms with van der Waals surface area (Å²) in [5.74, 6) is 0. The second-order valence-electron chi connectivity index (χ2n) is 1.45. The van der Waals surface area contributed by atoms with Crippen molar-refractivity contribution in [3.63, 3.8) is 0 Å². The second kappa shape index (κ2) is 6.38. The van der Waals surface area contributed by atoms with Crippen LogP contribution in [0.1, 0.15) is 13.8 Å². The number of allylic oxidation sites excluding steroid dienone is 3. The molecule has 0 atom stereocenters. The van der Waals surface area contributed by atoms with E-state index in [9.17, 15) is 4.79 Å². The van der Waals surface area contributed by atoms with Gasteiger partial charge in [-0.05, 0) is 6.29 Å². The van der Waals surface area contributed by atoms with Gasteiger partial charge in [0.25, 0.3) is 0 Å². The van der Waals surface area contributed by atoms with Crippen molar-refractivity contribution in [1.29, 1.82) is 0 Å². The van der Waals surface area contributed by atoms with Crippen molar-refractivity contribution >= 4 is 6.29 Å². The van der Waals surface area contributed by atoms with Crippen LogP contribution in [0.3, 0.4) is 0 Å². The van der Waals surface area contributed by atoms with Crippen LogP contribution in [0.4, 0.5) is 0 Å². The van der Waals surface area contributed by atoms with E-state index in [1.807, 2.05) is 0 Å².